The van der Waals surface area contributed by atoms with Gasteiger partial charge in [0, 0.05) is 11.3 Å². The van der Waals surface area contributed by atoms with E-state index in [1.807, 2.05) is 54.6 Å². The van der Waals surface area contributed by atoms with E-state index in [0.29, 0.717) is 22.6 Å². The van der Waals surface area contributed by atoms with Crippen LogP contribution >= 0.6 is 22.6 Å². The van der Waals surface area contributed by atoms with Crippen LogP contribution in [0.15, 0.2) is 72.3 Å². The van der Waals surface area contributed by atoms with Crippen molar-refractivity contribution < 1.29 is 9.53 Å². The molecule has 32 heavy (non-hydrogen) atoms. The molecule has 0 aromatic heterocycles. The molecule has 3 rings (SSSR count). The van der Waals surface area contributed by atoms with Gasteiger partial charge in [0.1, 0.15) is 24.0 Å². The number of carbonyl (C=O) groups excluding carboxylic acids is 1. The summed E-state index contributed by atoms with van der Waals surface area (Å²) in [4.78, 5) is 12.5. The number of amides is 1. The highest BCUT2D eigenvalue weighted by atomic mass is 127. The molecule has 0 saturated carbocycles. The van der Waals surface area contributed by atoms with Crippen LogP contribution in [-0.4, -0.2) is 5.91 Å². The molecule has 1 amide bonds. The molecule has 158 valence electrons. The fourth-order valence-electron chi connectivity index (χ4n) is 2.97. The summed E-state index contributed by atoms with van der Waals surface area (Å²) >= 11 is 2.15. The second-order valence-electron chi connectivity index (χ2n) is 6.92. The molecule has 6 heteroatoms. The quantitative estimate of drug-likeness (QED) is 0.235. The Morgan fingerprint density at radius 3 is 2.50 bits per heavy atom. The first kappa shape index (κ1) is 23.1. The van der Waals surface area contributed by atoms with Crippen molar-refractivity contribution in [3.05, 3.63) is 98.1 Å². The Morgan fingerprint density at radius 2 is 1.84 bits per heavy atom. The number of benzene rings is 3. The van der Waals surface area contributed by atoms with Crippen molar-refractivity contribution in [2.75, 3.05) is 5.32 Å². The van der Waals surface area contributed by atoms with Gasteiger partial charge >= 0.3 is 0 Å². The van der Waals surface area contributed by atoms with Crippen molar-refractivity contribution in [1.82, 2.24) is 0 Å². The normalized spacial score (nSPS) is 10.7. The van der Waals surface area contributed by atoms with Crippen LogP contribution in [0.4, 0.5) is 5.69 Å². The van der Waals surface area contributed by atoms with E-state index in [9.17, 15) is 15.3 Å². The molecular formula is C26H20IN3O2. The Kier molecular flexibility index (Phi) is 8.02. The maximum absolute atomic E-state index is 12.5. The van der Waals surface area contributed by atoms with E-state index in [1.165, 1.54) is 5.56 Å². The third-order valence-corrected chi connectivity index (χ3v) is 5.62. The number of anilines is 1. The SMILES string of the molecule is CCc1ccc(NC(=O)C(C#N)=Cc2ccc(OCc3ccccc3C#N)c(I)c2)cc1. The van der Waals surface area contributed by atoms with Gasteiger partial charge in [-0.2, -0.15) is 10.5 Å². The fourth-order valence-corrected chi connectivity index (χ4v) is 3.67. The standard InChI is InChI=1S/C26H20IN3O2/c1-2-18-7-10-23(11-8-18)30-26(31)22(16-29)13-19-9-12-25(24(27)14-19)32-17-21-6-4-3-5-20(21)15-28/h3-14H,2,17H2,1H3,(H,30,31). The molecule has 0 fully saturated rings. The average Bonchev–Trinajstić information content (AvgIpc) is 2.82. The van der Waals surface area contributed by atoms with Gasteiger partial charge in [-0.05, 0) is 76.5 Å². The van der Waals surface area contributed by atoms with Crippen LogP contribution in [0.3, 0.4) is 0 Å². The van der Waals surface area contributed by atoms with Crippen LogP contribution in [0.25, 0.3) is 6.08 Å². The summed E-state index contributed by atoms with van der Waals surface area (Å²) < 4.78 is 6.71. The lowest BCUT2D eigenvalue weighted by atomic mass is 10.1. The highest BCUT2D eigenvalue weighted by Gasteiger charge is 2.11. The zero-order valence-electron chi connectivity index (χ0n) is 17.4. The van der Waals surface area contributed by atoms with Crippen LogP contribution < -0.4 is 10.1 Å². The summed E-state index contributed by atoms with van der Waals surface area (Å²) in [6, 6.07) is 24.4. The molecule has 1 N–H and O–H groups in total. The second-order valence-corrected chi connectivity index (χ2v) is 8.08. The zero-order chi connectivity index (χ0) is 22.9. The molecule has 0 radical (unpaired) electrons. The predicted octanol–water partition coefficient (Wildman–Crippen LogP) is 5.85. The molecule has 3 aromatic rings. The topological polar surface area (TPSA) is 85.9 Å². The van der Waals surface area contributed by atoms with Crippen molar-refractivity contribution in [3.63, 3.8) is 0 Å². The molecule has 0 heterocycles. The molecule has 0 bridgehead atoms. The number of rotatable bonds is 7. The van der Waals surface area contributed by atoms with Gasteiger partial charge in [0.15, 0.2) is 0 Å². The van der Waals surface area contributed by atoms with Gasteiger partial charge in [-0.1, -0.05) is 43.3 Å². The van der Waals surface area contributed by atoms with Crippen LogP contribution in [0.1, 0.15) is 29.2 Å². The molecule has 0 aliphatic rings. The van der Waals surface area contributed by atoms with Crippen LogP contribution in [-0.2, 0) is 17.8 Å². The molecule has 0 saturated heterocycles. The summed E-state index contributed by atoms with van der Waals surface area (Å²) in [7, 11) is 0. The molecule has 0 unspecified atom stereocenters. The number of hydrogen-bond donors (Lipinski definition) is 1. The van der Waals surface area contributed by atoms with Gasteiger partial charge in [-0.3, -0.25) is 4.79 Å². The number of halogens is 1. The average molecular weight is 533 g/mol. The monoisotopic (exact) mass is 533 g/mol. The fraction of sp³-hybridized carbons (Fsp3) is 0.115. The molecule has 0 spiro atoms. The summed E-state index contributed by atoms with van der Waals surface area (Å²) in [5.74, 6) is 0.203. The van der Waals surface area contributed by atoms with Crippen molar-refractivity contribution in [2.45, 2.75) is 20.0 Å². The lowest BCUT2D eigenvalue weighted by Gasteiger charge is -2.10. The zero-order valence-corrected chi connectivity index (χ0v) is 19.6. The third kappa shape index (κ3) is 5.96. The van der Waals surface area contributed by atoms with E-state index in [4.69, 9.17) is 4.74 Å². The predicted molar refractivity (Wildman–Crippen MR) is 133 cm³/mol. The minimum Gasteiger partial charge on any atom is -0.488 e. The molecule has 0 atom stereocenters. The first-order valence-corrected chi connectivity index (χ1v) is 11.0. The Bertz CT molecular complexity index is 1240. The largest absolute Gasteiger partial charge is 0.488 e. The third-order valence-electron chi connectivity index (χ3n) is 4.77. The number of nitriles is 2. The number of hydrogen-bond acceptors (Lipinski definition) is 4. The summed E-state index contributed by atoms with van der Waals surface area (Å²) in [6.45, 7) is 2.34. The van der Waals surface area contributed by atoms with Crippen molar-refractivity contribution >= 4 is 40.3 Å². The maximum atomic E-state index is 12.5. The van der Waals surface area contributed by atoms with Crippen LogP contribution in [0, 0.1) is 26.2 Å². The van der Waals surface area contributed by atoms with E-state index in [-0.39, 0.29) is 12.2 Å². The van der Waals surface area contributed by atoms with Gasteiger partial charge in [-0.25, -0.2) is 0 Å². The highest BCUT2D eigenvalue weighted by Crippen LogP contribution is 2.25. The number of ether oxygens (including phenoxy) is 1. The van der Waals surface area contributed by atoms with E-state index in [1.54, 1.807) is 24.3 Å². The lowest BCUT2D eigenvalue weighted by Crippen LogP contribution is -2.13. The molecule has 3 aromatic carbocycles. The van der Waals surface area contributed by atoms with Crippen LogP contribution in [0.2, 0.25) is 0 Å². The second kappa shape index (κ2) is 11.1. The number of nitrogens with zero attached hydrogens (tertiary/aromatic N) is 2. The Balaban J connectivity index is 1.71. The summed E-state index contributed by atoms with van der Waals surface area (Å²) in [5, 5.41) is 21.4. The van der Waals surface area contributed by atoms with Gasteiger partial charge in [0.05, 0.1) is 15.2 Å². The molecular weight excluding hydrogens is 513 g/mol. The van der Waals surface area contributed by atoms with Crippen molar-refractivity contribution in [3.8, 4) is 17.9 Å². The van der Waals surface area contributed by atoms with E-state index < -0.39 is 5.91 Å². The maximum Gasteiger partial charge on any atom is 0.266 e. The Labute approximate surface area is 201 Å². The molecule has 5 nitrogen and oxygen atoms in total. The van der Waals surface area contributed by atoms with E-state index in [0.717, 1.165) is 15.6 Å². The molecule has 0 aliphatic heterocycles. The van der Waals surface area contributed by atoms with E-state index >= 15 is 0 Å². The van der Waals surface area contributed by atoms with Crippen LogP contribution in [0.5, 0.6) is 5.75 Å². The Hall–Kier alpha value is -3.62. The smallest absolute Gasteiger partial charge is 0.266 e. The first-order valence-electron chi connectivity index (χ1n) is 9.96. The molecule has 0 aliphatic carbocycles. The number of carbonyl (C=O) groups is 1. The minimum absolute atomic E-state index is 0.0111. The number of aryl methyl sites for hydroxylation is 1. The van der Waals surface area contributed by atoms with Gasteiger partial charge < -0.3 is 10.1 Å². The van der Waals surface area contributed by atoms with Crippen molar-refractivity contribution in [1.29, 1.82) is 10.5 Å². The lowest BCUT2D eigenvalue weighted by molar-refractivity contribution is -0.112. The van der Waals surface area contributed by atoms with E-state index in [2.05, 4.69) is 40.9 Å². The minimum atomic E-state index is -0.458. The van der Waals surface area contributed by atoms with Gasteiger partial charge in [0.2, 0.25) is 0 Å². The first-order chi connectivity index (χ1) is 15.5. The number of nitrogens with one attached hydrogen (secondary N) is 1. The highest BCUT2D eigenvalue weighted by molar-refractivity contribution is 14.1. The van der Waals surface area contributed by atoms with Gasteiger partial charge in [0.25, 0.3) is 5.91 Å². The Morgan fingerprint density at radius 1 is 1.09 bits per heavy atom. The van der Waals surface area contributed by atoms with Gasteiger partial charge in [-0.15, -0.1) is 0 Å². The summed E-state index contributed by atoms with van der Waals surface area (Å²) in [5.41, 5.74) is 3.93. The summed E-state index contributed by atoms with van der Waals surface area (Å²) in [6.07, 6.45) is 2.47. The van der Waals surface area contributed by atoms with Crippen molar-refractivity contribution in [2.24, 2.45) is 0 Å².